The summed E-state index contributed by atoms with van der Waals surface area (Å²) in [4.78, 5) is 11.0. The molecule has 0 saturated heterocycles. The highest BCUT2D eigenvalue weighted by atomic mass is 35.5. The minimum absolute atomic E-state index is 0.0499. The lowest BCUT2D eigenvalue weighted by molar-refractivity contribution is -0.114. The fourth-order valence-electron chi connectivity index (χ4n) is 1.12. The van der Waals surface area contributed by atoms with Crippen LogP contribution in [0.1, 0.15) is 13.3 Å². The van der Waals surface area contributed by atoms with Crippen LogP contribution in [0.3, 0.4) is 0 Å². The number of halogens is 1. The van der Waals surface area contributed by atoms with E-state index in [4.69, 9.17) is 22.1 Å². The van der Waals surface area contributed by atoms with Gasteiger partial charge in [0.05, 0.1) is 18.2 Å². The molecule has 0 heterocycles. The molecule has 0 radical (unpaired) electrons. The summed E-state index contributed by atoms with van der Waals surface area (Å²) in [7, 11) is 0. The molecule has 0 aliphatic rings. The standard InChI is InChI=1S/C11H15ClN2O2/c1-2-5-16-10-4-3-8(6-9(10)12)14-11(15)7-13/h3-4,6H,2,5,7,13H2,1H3,(H,14,15). The molecular formula is C11H15ClN2O2. The number of hydrogen-bond acceptors (Lipinski definition) is 3. The third kappa shape index (κ3) is 3.72. The van der Waals surface area contributed by atoms with Crippen LogP contribution in [0.15, 0.2) is 18.2 Å². The Bertz CT molecular complexity index is 369. The van der Waals surface area contributed by atoms with Crippen LogP contribution in [-0.2, 0) is 4.79 Å². The molecule has 1 aromatic rings. The number of nitrogens with one attached hydrogen (secondary N) is 1. The third-order valence-electron chi connectivity index (χ3n) is 1.86. The highest BCUT2D eigenvalue weighted by molar-refractivity contribution is 6.32. The van der Waals surface area contributed by atoms with Gasteiger partial charge in [0.1, 0.15) is 5.75 Å². The van der Waals surface area contributed by atoms with Gasteiger partial charge in [0.15, 0.2) is 0 Å². The Kier molecular flexibility index (Phi) is 5.08. The highest BCUT2D eigenvalue weighted by Gasteiger charge is 2.04. The maximum atomic E-state index is 11.0. The van der Waals surface area contributed by atoms with Crippen molar-refractivity contribution in [2.24, 2.45) is 5.73 Å². The van der Waals surface area contributed by atoms with Crippen LogP contribution in [-0.4, -0.2) is 19.1 Å². The molecule has 0 spiro atoms. The smallest absolute Gasteiger partial charge is 0.238 e. The molecular weight excluding hydrogens is 228 g/mol. The molecule has 4 nitrogen and oxygen atoms in total. The zero-order valence-electron chi connectivity index (χ0n) is 9.13. The molecule has 5 heteroatoms. The van der Waals surface area contributed by atoms with Crippen molar-refractivity contribution in [2.75, 3.05) is 18.5 Å². The molecule has 0 fully saturated rings. The Morgan fingerprint density at radius 3 is 2.88 bits per heavy atom. The van der Waals surface area contributed by atoms with Gasteiger partial charge in [0.25, 0.3) is 0 Å². The van der Waals surface area contributed by atoms with Gasteiger partial charge in [-0.2, -0.15) is 0 Å². The second-order valence-electron chi connectivity index (χ2n) is 3.25. The van der Waals surface area contributed by atoms with Crippen LogP contribution in [0.4, 0.5) is 5.69 Å². The second-order valence-corrected chi connectivity index (χ2v) is 3.65. The van der Waals surface area contributed by atoms with Crippen LogP contribution in [0.5, 0.6) is 5.75 Å². The van der Waals surface area contributed by atoms with Crippen molar-refractivity contribution >= 4 is 23.2 Å². The second kappa shape index (κ2) is 6.35. The Morgan fingerprint density at radius 1 is 1.56 bits per heavy atom. The van der Waals surface area contributed by atoms with E-state index in [2.05, 4.69) is 5.32 Å². The lowest BCUT2D eigenvalue weighted by Gasteiger charge is -2.09. The van der Waals surface area contributed by atoms with Crippen LogP contribution < -0.4 is 15.8 Å². The molecule has 1 rings (SSSR count). The average molecular weight is 243 g/mol. The Balaban J connectivity index is 2.70. The maximum absolute atomic E-state index is 11.0. The van der Waals surface area contributed by atoms with Gasteiger partial charge in [-0.15, -0.1) is 0 Å². The van der Waals surface area contributed by atoms with E-state index in [1.54, 1.807) is 18.2 Å². The van der Waals surface area contributed by atoms with E-state index in [0.717, 1.165) is 6.42 Å². The van der Waals surface area contributed by atoms with Gasteiger partial charge in [0, 0.05) is 5.69 Å². The number of anilines is 1. The minimum Gasteiger partial charge on any atom is -0.492 e. The van der Waals surface area contributed by atoms with E-state index in [1.165, 1.54) is 0 Å². The van der Waals surface area contributed by atoms with Crippen molar-refractivity contribution < 1.29 is 9.53 Å². The van der Waals surface area contributed by atoms with Crippen LogP contribution in [0.2, 0.25) is 5.02 Å². The van der Waals surface area contributed by atoms with Gasteiger partial charge in [-0.05, 0) is 24.6 Å². The number of benzene rings is 1. The summed E-state index contributed by atoms with van der Waals surface area (Å²) in [5.41, 5.74) is 5.80. The van der Waals surface area contributed by atoms with Gasteiger partial charge < -0.3 is 15.8 Å². The first-order valence-electron chi connectivity index (χ1n) is 5.09. The van der Waals surface area contributed by atoms with E-state index >= 15 is 0 Å². The van der Waals surface area contributed by atoms with Crippen LogP contribution in [0.25, 0.3) is 0 Å². The number of rotatable bonds is 5. The first-order valence-corrected chi connectivity index (χ1v) is 5.47. The van der Waals surface area contributed by atoms with Crippen molar-refractivity contribution in [1.82, 2.24) is 0 Å². The molecule has 0 bridgehead atoms. The number of hydrogen-bond donors (Lipinski definition) is 2. The Morgan fingerprint density at radius 2 is 2.31 bits per heavy atom. The van der Waals surface area contributed by atoms with Crippen LogP contribution in [0, 0.1) is 0 Å². The highest BCUT2D eigenvalue weighted by Crippen LogP contribution is 2.27. The normalized spacial score (nSPS) is 9.94. The summed E-state index contributed by atoms with van der Waals surface area (Å²) in [5.74, 6) is 0.368. The summed E-state index contributed by atoms with van der Waals surface area (Å²) in [6.07, 6.45) is 0.919. The maximum Gasteiger partial charge on any atom is 0.238 e. The van der Waals surface area contributed by atoms with Crippen molar-refractivity contribution in [1.29, 1.82) is 0 Å². The van der Waals surface area contributed by atoms with Crippen molar-refractivity contribution in [3.05, 3.63) is 23.2 Å². The molecule has 1 aromatic carbocycles. The topological polar surface area (TPSA) is 64.3 Å². The van der Waals surface area contributed by atoms with E-state index < -0.39 is 0 Å². The molecule has 0 aliphatic heterocycles. The average Bonchev–Trinajstić information content (AvgIpc) is 2.28. The number of carbonyl (C=O) groups is 1. The molecule has 0 aromatic heterocycles. The molecule has 0 atom stereocenters. The molecule has 88 valence electrons. The predicted molar refractivity (Wildman–Crippen MR) is 64.9 cm³/mol. The molecule has 3 N–H and O–H groups in total. The Labute approximate surface area is 99.7 Å². The van der Waals surface area contributed by atoms with E-state index in [-0.39, 0.29) is 12.5 Å². The lowest BCUT2D eigenvalue weighted by Crippen LogP contribution is -2.21. The van der Waals surface area contributed by atoms with Gasteiger partial charge in [0.2, 0.25) is 5.91 Å². The lowest BCUT2D eigenvalue weighted by atomic mass is 10.3. The quantitative estimate of drug-likeness (QED) is 0.830. The zero-order valence-corrected chi connectivity index (χ0v) is 9.88. The van der Waals surface area contributed by atoms with E-state index in [0.29, 0.717) is 23.1 Å². The van der Waals surface area contributed by atoms with Gasteiger partial charge in [-0.1, -0.05) is 18.5 Å². The molecule has 1 amide bonds. The first-order chi connectivity index (χ1) is 7.67. The van der Waals surface area contributed by atoms with Gasteiger partial charge in [-0.25, -0.2) is 0 Å². The third-order valence-corrected chi connectivity index (χ3v) is 2.16. The summed E-state index contributed by atoms with van der Waals surface area (Å²) < 4.78 is 5.40. The number of carbonyl (C=O) groups excluding carboxylic acids is 1. The Hall–Kier alpha value is -1.26. The first kappa shape index (κ1) is 12.8. The molecule has 0 saturated carbocycles. The largest absolute Gasteiger partial charge is 0.492 e. The minimum atomic E-state index is -0.252. The fraction of sp³-hybridized carbons (Fsp3) is 0.364. The van der Waals surface area contributed by atoms with E-state index in [9.17, 15) is 4.79 Å². The summed E-state index contributed by atoms with van der Waals surface area (Å²) in [5, 5.41) is 3.09. The fourth-order valence-corrected chi connectivity index (χ4v) is 1.35. The number of nitrogens with two attached hydrogens (primary N) is 1. The van der Waals surface area contributed by atoms with E-state index in [1.807, 2.05) is 6.92 Å². The van der Waals surface area contributed by atoms with Crippen LogP contribution >= 0.6 is 11.6 Å². The molecule has 16 heavy (non-hydrogen) atoms. The molecule has 0 aliphatic carbocycles. The summed E-state index contributed by atoms with van der Waals surface area (Å²) >= 11 is 5.98. The zero-order chi connectivity index (χ0) is 12.0. The molecule has 0 unspecified atom stereocenters. The SMILES string of the molecule is CCCOc1ccc(NC(=O)CN)cc1Cl. The van der Waals surface area contributed by atoms with Gasteiger partial charge in [-0.3, -0.25) is 4.79 Å². The van der Waals surface area contributed by atoms with Gasteiger partial charge >= 0.3 is 0 Å². The monoisotopic (exact) mass is 242 g/mol. The number of ether oxygens (including phenoxy) is 1. The van der Waals surface area contributed by atoms with Crippen molar-refractivity contribution in [3.63, 3.8) is 0 Å². The van der Waals surface area contributed by atoms with Crippen molar-refractivity contribution in [3.8, 4) is 5.75 Å². The van der Waals surface area contributed by atoms with Crippen molar-refractivity contribution in [2.45, 2.75) is 13.3 Å². The summed E-state index contributed by atoms with van der Waals surface area (Å²) in [6, 6.07) is 5.09. The number of amides is 1. The predicted octanol–water partition coefficient (Wildman–Crippen LogP) is 2.03. The summed E-state index contributed by atoms with van der Waals surface area (Å²) in [6.45, 7) is 2.59.